The van der Waals surface area contributed by atoms with Crippen molar-refractivity contribution >= 4 is 34.7 Å². The molecule has 2 aromatic carbocycles. The monoisotopic (exact) mass is 490 g/mol. The fourth-order valence-corrected chi connectivity index (χ4v) is 3.40. The number of nitrogens with one attached hydrogen (secondary N) is 1. The highest BCUT2D eigenvalue weighted by Crippen LogP contribution is 2.33. The molecule has 6 heteroatoms. The largest absolute Gasteiger partial charge is 0.490 e. The lowest BCUT2D eigenvalue weighted by Crippen LogP contribution is -2.20. The third-order valence-corrected chi connectivity index (χ3v) is 4.68. The number of halogens is 1. The molecule has 0 saturated heterocycles. The number of terminal acetylenes is 1. The van der Waals surface area contributed by atoms with Crippen LogP contribution in [0.5, 0.6) is 11.5 Å². The van der Waals surface area contributed by atoms with E-state index in [4.69, 9.17) is 15.9 Å². The van der Waals surface area contributed by atoms with Crippen LogP contribution < -0.4 is 14.9 Å². The van der Waals surface area contributed by atoms with E-state index in [0.29, 0.717) is 18.1 Å². The SMILES string of the molecule is C#CCOc1c(I)cc(/C=N\NC(=O)Cc2ccc(C)cc2C)cc1OCC. The lowest BCUT2D eigenvalue weighted by atomic mass is 10.0. The predicted octanol–water partition coefficient (Wildman–Crippen LogP) is 4.01. The molecule has 1 amide bonds. The van der Waals surface area contributed by atoms with Gasteiger partial charge in [0.1, 0.15) is 6.61 Å². The summed E-state index contributed by atoms with van der Waals surface area (Å²) in [6.07, 6.45) is 7.13. The van der Waals surface area contributed by atoms with Crippen LogP contribution >= 0.6 is 22.6 Å². The number of aryl methyl sites for hydroxylation is 2. The first-order valence-electron chi connectivity index (χ1n) is 8.85. The zero-order valence-corrected chi connectivity index (χ0v) is 18.4. The molecule has 0 heterocycles. The number of nitrogens with zero attached hydrogens (tertiary/aromatic N) is 1. The minimum absolute atomic E-state index is 0.165. The van der Waals surface area contributed by atoms with Crippen molar-refractivity contribution in [3.05, 3.63) is 56.2 Å². The van der Waals surface area contributed by atoms with E-state index in [1.54, 1.807) is 12.3 Å². The Kier molecular flexibility index (Phi) is 8.33. The number of carbonyl (C=O) groups is 1. The van der Waals surface area contributed by atoms with E-state index in [-0.39, 0.29) is 18.9 Å². The maximum absolute atomic E-state index is 12.2. The number of carbonyl (C=O) groups excluding carboxylic acids is 1. The van der Waals surface area contributed by atoms with Crippen molar-refractivity contribution in [1.82, 2.24) is 5.43 Å². The van der Waals surface area contributed by atoms with E-state index >= 15 is 0 Å². The quantitative estimate of drug-likeness (QED) is 0.263. The van der Waals surface area contributed by atoms with Gasteiger partial charge in [0.15, 0.2) is 11.5 Å². The normalized spacial score (nSPS) is 10.5. The van der Waals surface area contributed by atoms with Crippen molar-refractivity contribution in [1.29, 1.82) is 0 Å². The molecule has 28 heavy (non-hydrogen) atoms. The standard InChI is InChI=1S/C22H23IN2O3/c1-5-9-28-22-19(23)11-17(12-20(22)27-6-2)14-24-25-21(26)13-18-8-7-15(3)10-16(18)4/h1,7-8,10-12,14H,6,9,13H2,2-4H3,(H,25,26)/b24-14-. The number of hydrogen-bond donors (Lipinski definition) is 1. The molecule has 0 bridgehead atoms. The number of hydrogen-bond acceptors (Lipinski definition) is 4. The highest BCUT2D eigenvalue weighted by atomic mass is 127. The molecule has 1 N–H and O–H groups in total. The van der Waals surface area contributed by atoms with Gasteiger partial charge in [-0.15, -0.1) is 6.42 Å². The van der Waals surface area contributed by atoms with E-state index in [1.165, 1.54) is 5.56 Å². The zero-order valence-electron chi connectivity index (χ0n) is 16.2. The molecule has 0 atom stereocenters. The topological polar surface area (TPSA) is 59.9 Å². The molecular weight excluding hydrogens is 467 g/mol. The highest BCUT2D eigenvalue weighted by Gasteiger charge is 2.11. The summed E-state index contributed by atoms with van der Waals surface area (Å²) in [5, 5.41) is 4.06. The van der Waals surface area contributed by atoms with Crippen molar-refractivity contribution in [3.63, 3.8) is 0 Å². The Morgan fingerprint density at radius 3 is 2.75 bits per heavy atom. The van der Waals surface area contributed by atoms with Gasteiger partial charge in [-0.3, -0.25) is 4.79 Å². The first-order chi connectivity index (χ1) is 13.4. The van der Waals surface area contributed by atoms with E-state index < -0.39 is 0 Å². The van der Waals surface area contributed by atoms with Gasteiger partial charge in [0.05, 0.1) is 22.8 Å². The molecule has 0 aliphatic heterocycles. The van der Waals surface area contributed by atoms with E-state index in [0.717, 1.165) is 20.3 Å². The van der Waals surface area contributed by atoms with Gasteiger partial charge in [-0.25, -0.2) is 5.43 Å². The van der Waals surface area contributed by atoms with Crippen LogP contribution in [0.25, 0.3) is 0 Å². The van der Waals surface area contributed by atoms with Crippen molar-refractivity contribution in [2.45, 2.75) is 27.2 Å². The van der Waals surface area contributed by atoms with E-state index in [9.17, 15) is 4.79 Å². The van der Waals surface area contributed by atoms with E-state index in [2.05, 4.69) is 45.1 Å². The number of ether oxygens (including phenoxy) is 2. The van der Waals surface area contributed by atoms with Crippen LogP contribution in [0.2, 0.25) is 0 Å². The number of hydrazone groups is 1. The maximum Gasteiger partial charge on any atom is 0.244 e. The molecule has 0 unspecified atom stereocenters. The van der Waals surface area contributed by atoms with Crippen molar-refractivity contribution < 1.29 is 14.3 Å². The lowest BCUT2D eigenvalue weighted by molar-refractivity contribution is -0.120. The Morgan fingerprint density at radius 2 is 2.07 bits per heavy atom. The van der Waals surface area contributed by atoms with Gasteiger partial charge in [-0.05, 0) is 72.2 Å². The Morgan fingerprint density at radius 1 is 1.29 bits per heavy atom. The summed E-state index contributed by atoms with van der Waals surface area (Å²) in [4.78, 5) is 12.2. The minimum Gasteiger partial charge on any atom is -0.490 e. The van der Waals surface area contributed by atoms with Crippen molar-refractivity contribution in [2.24, 2.45) is 5.10 Å². The number of amides is 1. The fourth-order valence-electron chi connectivity index (χ4n) is 2.61. The lowest BCUT2D eigenvalue weighted by Gasteiger charge is -2.13. The summed E-state index contributed by atoms with van der Waals surface area (Å²) < 4.78 is 12.1. The Hall–Kier alpha value is -2.53. The summed E-state index contributed by atoms with van der Waals surface area (Å²) in [5.74, 6) is 3.47. The van der Waals surface area contributed by atoms with Gasteiger partial charge in [0.2, 0.25) is 5.91 Å². The molecule has 0 radical (unpaired) electrons. The van der Waals surface area contributed by atoms with Crippen LogP contribution in [0.4, 0.5) is 0 Å². The van der Waals surface area contributed by atoms with Crippen LogP contribution in [-0.2, 0) is 11.2 Å². The molecule has 5 nitrogen and oxygen atoms in total. The first-order valence-corrected chi connectivity index (χ1v) is 9.93. The molecule has 0 fully saturated rings. The summed E-state index contributed by atoms with van der Waals surface area (Å²) >= 11 is 2.15. The third-order valence-electron chi connectivity index (χ3n) is 3.88. The zero-order chi connectivity index (χ0) is 20.5. The van der Waals surface area contributed by atoms with Crippen molar-refractivity contribution in [3.8, 4) is 23.8 Å². The van der Waals surface area contributed by atoms with Crippen LogP contribution in [-0.4, -0.2) is 25.3 Å². The Balaban J connectivity index is 2.06. The smallest absolute Gasteiger partial charge is 0.244 e. The van der Waals surface area contributed by atoms with Gasteiger partial charge in [0, 0.05) is 0 Å². The van der Waals surface area contributed by atoms with Gasteiger partial charge in [0.25, 0.3) is 0 Å². The molecule has 2 rings (SSSR count). The van der Waals surface area contributed by atoms with Gasteiger partial charge in [-0.1, -0.05) is 29.7 Å². The van der Waals surface area contributed by atoms with Gasteiger partial charge in [-0.2, -0.15) is 5.10 Å². The molecule has 0 aliphatic carbocycles. The number of benzene rings is 2. The summed E-state index contributed by atoms with van der Waals surface area (Å²) in [7, 11) is 0. The second-order valence-corrected chi connectivity index (χ2v) is 7.32. The second kappa shape index (κ2) is 10.7. The minimum atomic E-state index is -0.170. The van der Waals surface area contributed by atoms with Crippen LogP contribution in [0, 0.1) is 29.8 Å². The summed E-state index contributed by atoms with van der Waals surface area (Å²) in [5.41, 5.74) is 6.61. The fraction of sp³-hybridized carbons (Fsp3) is 0.273. The van der Waals surface area contributed by atoms with Crippen LogP contribution in [0.3, 0.4) is 0 Å². The maximum atomic E-state index is 12.2. The molecule has 0 saturated carbocycles. The average molecular weight is 490 g/mol. The Labute approximate surface area is 179 Å². The first kappa shape index (κ1) is 21.8. The molecule has 2 aromatic rings. The number of rotatable bonds is 8. The highest BCUT2D eigenvalue weighted by molar-refractivity contribution is 14.1. The average Bonchev–Trinajstić information content (AvgIpc) is 2.64. The molecule has 0 spiro atoms. The molecule has 146 valence electrons. The van der Waals surface area contributed by atoms with Gasteiger partial charge < -0.3 is 9.47 Å². The molecule has 0 aromatic heterocycles. The summed E-state index contributed by atoms with van der Waals surface area (Å²) in [6.45, 7) is 6.58. The van der Waals surface area contributed by atoms with Crippen LogP contribution in [0.1, 0.15) is 29.2 Å². The molecule has 0 aliphatic rings. The van der Waals surface area contributed by atoms with Crippen molar-refractivity contribution in [2.75, 3.05) is 13.2 Å². The summed E-state index contributed by atoms with van der Waals surface area (Å²) in [6, 6.07) is 9.72. The van der Waals surface area contributed by atoms with Gasteiger partial charge >= 0.3 is 0 Å². The molecular formula is C22H23IN2O3. The van der Waals surface area contributed by atoms with E-state index in [1.807, 2.05) is 39.0 Å². The Bertz CT molecular complexity index is 917. The van der Waals surface area contributed by atoms with Crippen LogP contribution in [0.15, 0.2) is 35.4 Å². The second-order valence-electron chi connectivity index (χ2n) is 6.16. The third kappa shape index (κ3) is 6.27. The predicted molar refractivity (Wildman–Crippen MR) is 120 cm³/mol.